The Balaban J connectivity index is 0.000000138. The summed E-state index contributed by atoms with van der Waals surface area (Å²) in [5, 5.41) is 2.31. The molecular formula is C40H38N4O2. The monoisotopic (exact) mass is 606 g/mol. The number of likely N-dealkylation sites (N-methyl/N-ethyl adjacent to an activating group) is 2. The summed E-state index contributed by atoms with van der Waals surface area (Å²) in [7, 11) is 4.17. The van der Waals surface area contributed by atoms with Gasteiger partial charge in [-0.2, -0.15) is 0 Å². The normalized spacial score (nSPS) is 23.6. The van der Waals surface area contributed by atoms with Crippen LogP contribution in [-0.2, 0) is 10.8 Å². The third-order valence-corrected chi connectivity index (χ3v) is 10.7. The molecule has 6 nitrogen and oxygen atoms in total. The molecule has 4 aliphatic heterocycles. The fourth-order valence-corrected chi connectivity index (χ4v) is 7.86. The highest BCUT2D eigenvalue weighted by atomic mass is 16.5. The van der Waals surface area contributed by atoms with Crippen molar-refractivity contribution in [2.24, 2.45) is 9.98 Å². The molecule has 0 aromatic heterocycles. The van der Waals surface area contributed by atoms with E-state index in [-0.39, 0.29) is 10.8 Å². The van der Waals surface area contributed by atoms with Gasteiger partial charge in [-0.05, 0) is 74.5 Å². The molecule has 4 heterocycles. The summed E-state index contributed by atoms with van der Waals surface area (Å²) in [5.74, 6) is 1.68. The standard InChI is InChI=1S/C22H20N2O.C18H18N2O/c1-21(2)17-10-6-7-11-18(17)24(3)22(21)14-23-20-16-9-5-4-8-15(16)12-13-19(20)25-22;1-17(2)13-8-4-6-10-15(13)20(3)18(17)12-19-14-9-5-7-11-16(14)21-18/h4-14H,1-3H3;4-12H,1-3H3. The van der Waals surface area contributed by atoms with Gasteiger partial charge in [0.15, 0.2) is 0 Å². The SMILES string of the molecule is CN1c2ccccc2C(C)(C)C12C=Nc1c(ccc3ccccc13)O2.CN1c2ccccc2C(C)(C)C12C=Nc1ccccc1O2. The van der Waals surface area contributed by atoms with Gasteiger partial charge in [-0.25, -0.2) is 0 Å². The number of anilines is 2. The maximum absolute atomic E-state index is 6.68. The van der Waals surface area contributed by atoms with Crippen molar-refractivity contribution in [3.63, 3.8) is 0 Å². The van der Waals surface area contributed by atoms with E-state index in [0.29, 0.717) is 0 Å². The molecule has 2 spiro atoms. The maximum atomic E-state index is 6.68. The zero-order valence-corrected chi connectivity index (χ0v) is 27.2. The van der Waals surface area contributed by atoms with Crippen LogP contribution >= 0.6 is 0 Å². The highest BCUT2D eigenvalue weighted by Crippen LogP contribution is 2.55. The Hall–Kier alpha value is -5.10. The first-order valence-electron chi connectivity index (χ1n) is 15.9. The first kappa shape index (κ1) is 28.4. The lowest BCUT2D eigenvalue weighted by molar-refractivity contribution is 0.0824. The van der Waals surface area contributed by atoms with Crippen LogP contribution in [0.4, 0.5) is 22.7 Å². The van der Waals surface area contributed by atoms with Crippen molar-refractivity contribution in [1.82, 2.24) is 0 Å². The van der Waals surface area contributed by atoms with Crippen LogP contribution in [0.1, 0.15) is 38.8 Å². The minimum atomic E-state index is -0.619. The van der Waals surface area contributed by atoms with Crippen molar-refractivity contribution in [2.75, 3.05) is 23.9 Å². The van der Waals surface area contributed by atoms with E-state index in [9.17, 15) is 0 Å². The van der Waals surface area contributed by atoms with Crippen molar-refractivity contribution in [3.8, 4) is 11.5 Å². The predicted octanol–water partition coefficient (Wildman–Crippen LogP) is 8.96. The summed E-state index contributed by atoms with van der Waals surface area (Å²) in [6, 6.07) is 37.4. The van der Waals surface area contributed by atoms with Crippen LogP contribution in [0.2, 0.25) is 0 Å². The molecule has 4 aliphatic rings. The number of rotatable bonds is 0. The number of hydrogen-bond donors (Lipinski definition) is 0. The zero-order chi connectivity index (χ0) is 31.9. The van der Waals surface area contributed by atoms with Crippen LogP contribution < -0.4 is 19.3 Å². The number of fused-ring (bicyclic) bond motifs is 6. The molecule has 2 atom stereocenters. The van der Waals surface area contributed by atoms with Gasteiger partial charge in [-0.15, -0.1) is 0 Å². The van der Waals surface area contributed by atoms with Gasteiger partial charge in [0.05, 0.1) is 23.3 Å². The highest BCUT2D eigenvalue weighted by molar-refractivity contribution is 5.99. The molecular weight excluding hydrogens is 568 g/mol. The van der Waals surface area contributed by atoms with Gasteiger partial charge >= 0.3 is 0 Å². The van der Waals surface area contributed by atoms with E-state index >= 15 is 0 Å². The molecule has 5 aromatic rings. The summed E-state index contributed by atoms with van der Waals surface area (Å²) in [4.78, 5) is 14.0. The molecule has 0 saturated heterocycles. The second kappa shape index (κ2) is 9.70. The Kier molecular flexibility index (Phi) is 5.98. The lowest BCUT2D eigenvalue weighted by Gasteiger charge is -2.45. The fraction of sp³-hybridized carbons (Fsp3) is 0.250. The summed E-state index contributed by atoms with van der Waals surface area (Å²) < 4.78 is 13.1. The molecule has 2 unspecified atom stereocenters. The quantitative estimate of drug-likeness (QED) is 0.177. The zero-order valence-electron chi connectivity index (χ0n) is 27.2. The lowest BCUT2D eigenvalue weighted by atomic mass is 9.77. The molecule has 230 valence electrons. The maximum Gasteiger partial charge on any atom is 0.228 e. The average Bonchev–Trinajstić information content (AvgIpc) is 3.35. The first-order chi connectivity index (χ1) is 22.1. The van der Waals surface area contributed by atoms with Crippen molar-refractivity contribution in [1.29, 1.82) is 0 Å². The molecule has 0 amide bonds. The molecule has 46 heavy (non-hydrogen) atoms. The third-order valence-electron chi connectivity index (χ3n) is 10.7. The fourth-order valence-electron chi connectivity index (χ4n) is 7.86. The van der Waals surface area contributed by atoms with E-state index in [0.717, 1.165) is 28.3 Å². The van der Waals surface area contributed by atoms with E-state index < -0.39 is 11.4 Å². The van der Waals surface area contributed by atoms with Crippen molar-refractivity contribution >= 4 is 46.0 Å². The summed E-state index contributed by atoms with van der Waals surface area (Å²) in [6.45, 7) is 8.89. The highest BCUT2D eigenvalue weighted by Gasteiger charge is 2.59. The third kappa shape index (κ3) is 3.64. The summed E-state index contributed by atoms with van der Waals surface area (Å²) in [5.41, 5.74) is 5.19. The average molecular weight is 607 g/mol. The van der Waals surface area contributed by atoms with Crippen LogP contribution in [-0.4, -0.2) is 38.0 Å². The van der Waals surface area contributed by atoms with E-state index in [1.54, 1.807) is 0 Å². The van der Waals surface area contributed by atoms with Crippen LogP contribution in [0.3, 0.4) is 0 Å². The number of aliphatic imine (C=N–C) groups is 2. The number of para-hydroxylation sites is 4. The van der Waals surface area contributed by atoms with Gasteiger partial charge in [0.1, 0.15) is 22.9 Å². The largest absolute Gasteiger partial charge is 0.459 e. The van der Waals surface area contributed by atoms with Crippen LogP contribution in [0.5, 0.6) is 11.5 Å². The van der Waals surface area contributed by atoms with Gasteiger partial charge in [0.25, 0.3) is 0 Å². The Morgan fingerprint density at radius 1 is 0.522 bits per heavy atom. The van der Waals surface area contributed by atoms with E-state index in [2.05, 4.69) is 123 Å². The molecule has 0 aliphatic carbocycles. The second-order valence-electron chi connectivity index (χ2n) is 13.6. The van der Waals surface area contributed by atoms with Crippen molar-refractivity contribution in [2.45, 2.75) is 50.0 Å². The predicted molar refractivity (Wildman–Crippen MR) is 189 cm³/mol. The van der Waals surface area contributed by atoms with E-state index in [4.69, 9.17) is 14.5 Å². The Morgan fingerprint density at radius 2 is 1.04 bits per heavy atom. The minimum Gasteiger partial charge on any atom is -0.459 e. The molecule has 0 saturated carbocycles. The molecule has 5 aromatic carbocycles. The van der Waals surface area contributed by atoms with Crippen LogP contribution in [0.15, 0.2) is 119 Å². The first-order valence-corrected chi connectivity index (χ1v) is 15.9. The number of nitrogens with zero attached hydrogens (tertiary/aromatic N) is 4. The molecule has 0 N–H and O–H groups in total. The lowest BCUT2D eigenvalue weighted by Crippen LogP contribution is -2.61. The number of benzene rings is 5. The molecule has 0 fully saturated rings. The topological polar surface area (TPSA) is 49.7 Å². The second-order valence-corrected chi connectivity index (χ2v) is 13.6. The van der Waals surface area contributed by atoms with Gasteiger partial charge < -0.3 is 19.3 Å². The smallest absolute Gasteiger partial charge is 0.228 e. The van der Waals surface area contributed by atoms with Crippen molar-refractivity contribution < 1.29 is 9.47 Å². The molecule has 9 rings (SSSR count). The molecule has 6 heteroatoms. The van der Waals surface area contributed by atoms with Crippen LogP contribution in [0.25, 0.3) is 10.8 Å². The van der Waals surface area contributed by atoms with Crippen LogP contribution in [0, 0.1) is 0 Å². The Morgan fingerprint density at radius 3 is 1.70 bits per heavy atom. The summed E-state index contributed by atoms with van der Waals surface area (Å²) >= 11 is 0. The summed E-state index contributed by atoms with van der Waals surface area (Å²) in [6.07, 6.45) is 3.94. The van der Waals surface area contributed by atoms with Gasteiger partial charge in [0.2, 0.25) is 11.4 Å². The van der Waals surface area contributed by atoms with E-state index in [1.807, 2.05) is 54.9 Å². The number of hydrogen-bond acceptors (Lipinski definition) is 6. The van der Waals surface area contributed by atoms with Gasteiger partial charge in [-0.1, -0.05) is 78.9 Å². The number of ether oxygens (including phenoxy) is 2. The van der Waals surface area contributed by atoms with Crippen molar-refractivity contribution in [3.05, 3.63) is 120 Å². The Bertz CT molecular complexity index is 2080. The molecule has 0 radical (unpaired) electrons. The van der Waals surface area contributed by atoms with Gasteiger partial charge in [0, 0.05) is 30.9 Å². The molecule has 0 bridgehead atoms. The van der Waals surface area contributed by atoms with Gasteiger partial charge in [-0.3, -0.25) is 9.98 Å². The minimum absolute atomic E-state index is 0.185. The van der Waals surface area contributed by atoms with E-state index in [1.165, 1.54) is 27.9 Å². The Labute approximate surface area is 270 Å².